The summed E-state index contributed by atoms with van der Waals surface area (Å²) in [4.78, 5) is 37.8. The van der Waals surface area contributed by atoms with Gasteiger partial charge in [0, 0.05) is 11.3 Å². The molecule has 1 aliphatic rings. The Labute approximate surface area is 190 Å². The normalized spacial score (nSPS) is 13.1. The molecule has 0 saturated heterocycles. The Balaban J connectivity index is 1.73. The Hall–Kier alpha value is -2.92. The molecule has 3 amide bonds. The summed E-state index contributed by atoms with van der Waals surface area (Å²) in [6, 6.07) is 5.92. The summed E-state index contributed by atoms with van der Waals surface area (Å²) < 4.78 is 34.6. The largest absolute Gasteiger partial charge is 0.497 e. The fourth-order valence-corrected chi connectivity index (χ4v) is 5.96. The Morgan fingerprint density at radius 3 is 2.41 bits per heavy atom. The van der Waals surface area contributed by atoms with E-state index in [1.807, 2.05) is 0 Å². The number of alkyl carbamates (subject to hydrolysis) is 1. The maximum absolute atomic E-state index is 12.6. The summed E-state index contributed by atoms with van der Waals surface area (Å²) >= 11 is 1.28. The molecule has 32 heavy (non-hydrogen) atoms. The lowest BCUT2D eigenvalue weighted by Crippen LogP contribution is -2.31. The fraction of sp³-hybridized carbons (Fsp3) is 0.381. The molecule has 2 aromatic rings. The standard InChI is InChI=1S/C21H24N2O7S2/c1-29-13-7-9-14(10-8-13)32(27,28)12-11-17(24)22-20-18(19(25)23-21(26)30-2)15-5-3-4-6-16(15)31-20/h7-10H,3-6,11-12H2,1-2H3,(H,22,24)(H,23,25,26). The zero-order valence-electron chi connectivity index (χ0n) is 17.7. The van der Waals surface area contributed by atoms with E-state index >= 15 is 0 Å². The number of sulfone groups is 1. The third kappa shape index (κ3) is 5.46. The van der Waals surface area contributed by atoms with Crippen molar-refractivity contribution in [3.05, 3.63) is 40.3 Å². The summed E-state index contributed by atoms with van der Waals surface area (Å²) in [5.74, 6) is -1.05. The Morgan fingerprint density at radius 2 is 1.75 bits per heavy atom. The molecule has 0 atom stereocenters. The van der Waals surface area contributed by atoms with E-state index in [4.69, 9.17) is 4.74 Å². The molecule has 0 radical (unpaired) electrons. The number of benzene rings is 1. The molecule has 0 unspecified atom stereocenters. The number of aryl methyl sites for hydroxylation is 1. The van der Waals surface area contributed by atoms with Crippen LogP contribution in [0.15, 0.2) is 29.2 Å². The predicted octanol–water partition coefficient (Wildman–Crippen LogP) is 2.93. The van der Waals surface area contributed by atoms with Gasteiger partial charge in [0.25, 0.3) is 5.91 Å². The number of carbonyl (C=O) groups is 3. The molecule has 11 heteroatoms. The molecule has 3 rings (SSSR count). The van der Waals surface area contributed by atoms with Crippen molar-refractivity contribution in [3.63, 3.8) is 0 Å². The second-order valence-electron chi connectivity index (χ2n) is 7.15. The molecule has 2 N–H and O–H groups in total. The lowest BCUT2D eigenvalue weighted by Gasteiger charge is -2.12. The van der Waals surface area contributed by atoms with Gasteiger partial charge in [-0.1, -0.05) is 0 Å². The van der Waals surface area contributed by atoms with E-state index in [0.717, 1.165) is 36.8 Å². The van der Waals surface area contributed by atoms with Crippen LogP contribution >= 0.6 is 11.3 Å². The van der Waals surface area contributed by atoms with Crippen molar-refractivity contribution in [2.75, 3.05) is 25.3 Å². The van der Waals surface area contributed by atoms with Gasteiger partial charge in [-0.05, 0) is 55.5 Å². The van der Waals surface area contributed by atoms with E-state index < -0.39 is 27.7 Å². The molecule has 9 nitrogen and oxygen atoms in total. The first kappa shape index (κ1) is 23.7. The summed E-state index contributed by atoms with van der Waals surface area (Å²) in [5, 5.41) is 5.11. The summed E-state index contributed by atoms with van der Waals surface area (Å²) in [6.07, 6.45) is 2.13. The second-order valence-corrected chi connectivity index (χ2v) is 10.4. The number of hydrogen-bond donors (Lipinski definition) is 2. The summed E-state index contributed by atoms with van der Waals surface area (Å²) in [5.41, 5.74) is 1.05. The van der Waals surface area contributed by atoms with Crippen LogP contribution in [0.1, 0.15) is 40.1 Å². The minimum Gasteiger partial charge on any atom is -0.497 e. The number of amides is 3. The first-order valence-corrected chi connectivity index (χ1v) is 12.4. The molecular formula is C21H24N2O7S2. The number of nitrogens with one attached hydrogen (secondary N) is 2. The second kappa shape index (κ2) is 10.1. The number of rotatable bonds is 7. The number of methoxy groups -OCH3 is 2. The van der Waals surface area contributed by atoms with Crippen LogP contribution in [-0.2, 0) is 32.2 Å². The summed E-state index contributed by atoms with van der Waals surface area (Å²) in [6.45, 7) is 0. The maximum atomic E-state index is 12.6. The fourth-order valence-electron chi connectivity index (χ4n) is 3.42. The molecule has 1 aliphatic carbocycles. The van der Waals surface area contributed by atoms with Crippen molar-refractivity contribution in [1.82, 2.24) is 5.32 Å². The van der Waals surface area contributed by atoms with Gasteiger partial charge in [0.15, 0.2) is 9.84 Å². The highest BCUT2D eigenvalue weighted by Crippen LogP contribution is 2.38. The number of imide groups is 1. The Bertz CT molecular complexity index is 1120. The van der Waals surface area contributed by atoms with E-state index in [-0.39, 0.29) is 22.6 Å². The number of hydrogen-bond acceptors (Lipinski definition) is 8. The number of fused-ring (bicyclic) bond motifs is 1. The smallest absolute Gasteiger partial charge is 0.413 e. The average molecular weight is 481 g/mol. The molecule has 0 saturated carbocycles. The number of thiophene rings is 1. The van der Waals surface area contributed by atoms with E-state index in [9.17, 15) is 22.8 Å². The van der Waals surface area contributed by atoms with E-state index in [2.05, 4.69) is 15.4 Å². The maximum Gasteiger partial charge on any atom is 0.413 e. The molecule has 0 spiro atoms. The zero-order chi connectivity index (χ0) is 23.3. The van der Waals surface area contributed by atoms with Gasteiger partial charge in [-0.2, -0.15) is 0 Å². The lowest BCUT2D eigenvalue weighted by atomic mass is 9.95. The van der Waals surface area contributed by atoms with Crippen LogP contribution in [0.2, 0.25) is 0 Å². The molecule has 0 aliphatic heterocycles. The number of anilines is 1. The highest BCUT2D eigenvalue weighted by molar-refractivity contribution is 7.91. The average Bonchev–Trinajstić information content (AvgIpc) is 3.15. The molecular weight excluding hydrogens is 456 g/mol. The predicted molar refractivity (Wildman–Crippen MR) is 119 cm³/mol. The molecule has 1 heterocycles. The minimum atomic E-state index is -3.67. The van der Waals surface area contributed by atoms with Crippen LogP contribution in [0.5, 0.6) is 5.75 Å². The third-order valence-corrected chi connectivity index (χ3v) is 8.01. The number of ether oxygens (including phenoxy) is 2. The van der Waals surface area contributed by atoms with Gasteiger partial charge in [-0.25, -0.2) is 13.2 Å². The van der Waals surface area contributed by atoms with Gasteiger partial charge in [0.05, 0.1) is 30.4 Å². The molecule has 1 aromatic heterocycles. The quantitative estimate of drug-likeness (QED) is 0.623. The SMILES string of the molecule is COC(=O)NC(=O)c1c(NC(=O)CCS(=O)(=O)c2ccc(OC)cc2)sc2c1CCCC2. The molecule has 0 bridgehead atoms. The van der Waals surface area contributed by atoms with Gasteiger partial charge >= 0.3 is 6.09 Å². The Morgan fingerprint density at radius 1 is 1.06 bits per heavy atom. The monoisotopic (exact) mass is 480 g/mol. The minimum absolute atomic E-state index is 0.0934. The summed E-state index contributed by atoms with van der Waals surface area (Å²) in [7, 11) is -1.04. The first-order chi connectivity index (χ1) is 15.2. The highest BCUT2D eigenvalue weighted by Gasteiger charge is 2.28. The van der Waals surface area contributed by atoms with Gasteiger partial charge < -0.3 is 14.8 Å². The van der Waals surface area contributed by atoms with Gasteiger partial charge in [0.2, 0.25) is 5.91 Å². The van der Waals surface area contributed by atoms with Crippen LogP contribution in [0, 0.1) is 0 Å². The van der Waals surface area contributed by atoms with Crippen molar-refractivity contribution in [2.45, 2.75) is 37.0 Å². The van der Waals surface area contributed by atoms with E-state index in [0.29, 0.717) is 17.2 Å². The van der Waals surface area contributed by atoms with Crippen LogP contribution in [0.25, 0.3) is 0 Å². The topological polar surface area (TPSA) is 128 Å². The molecule has 172 valence electrons. The lowest BCUT2D eigenvalue weighted by molar-refractivity contribution is -0.115. The third-order valence-electron chi connectivity index (χ3n) is 5.07. The zero-order valence-corrected chi connectivity index (χ0v) is 19.4. The first-order valence-electron chi connectivity index (χ1n) is 9.95. The van der Waals surface area contributed by atoms with Crippen LogP contribution < -0.4 is 15.4 Å². The van der Waals surface area contributed by atoms with Crippen molar-refractivity contribution < 1.29 is 32.3 Å². The van der Waals surface area contributed by atoms with Crippen LogP contribution in [0.3, 0.4) is 0 Å². The van der Waals surface area contributed by atoms with Crippen molar-refractivity contribution in [3.8, 4) is 5.75 Å². The van der Waals surface area contributed by atoms with Gasteiger partial charge in [-0.15, -0.1) is 11.3 Å². The Kier molecular flexibility index (Phi) is 7.52. The van der Waals surface area contributed by atoms with Crippen molar-refractivity contribution >= 4 is 44.1 Å². The van der Waals surface area contributed by atoms with Crippen LogP contribution in [-0.4, -0.2) is 46.3 Å². The van der Waals surface area contributed by atoms with E-state index in [1.165, 1.54) is 42.7 Å². The van der Waals surface area contributed by atoms with Gasteiger partial charge in [0.1, 0.15) is 10.8 Å². The molecule has 0 fully saturated rings. The highest BCUT2D eigenvalue weighted by atomic mass is 32.2. The van der Waals surface area contributed by atoms with Crippen LogP contribution in [0.4, 0.5) is 9.80 Å². The van der Waals surface area contributed by atoms with Crippen molar-refractivity contribution in [2.24, 2.45) is 0 Å². The van der Waals surface area contributed by atoms with Crippen molar-refractivity contribution in [1.29, 1.82) is 0 Å². The van der Waals surface area contributed by atoms with Gasteiger partial charge in [-0.3, -0.25) is 14.9 Å². The van der Waals surface area contributed by atoms with E-state index in [1.54, 1.807) is 0 Å². The number of carbonyl (C=O) groups excluding carboxylic acids is 3. The molecule has 1 aromatic carbocycles.